The Morgan fingerprint density at radius 2 is 2.43 bits per heavy atom. The largest absolute Gasteiger partial charge is 0.483 e. The van der Waals surface area contributed by atoms with Crippen LogP contribution < -0.4 is 0 Å². The first kappa shape index (κ1) is 7.00. The lowest BCUT2D eigenvalue weighted by atomic mass is 10.7. The van der Waals surface area contributed by atoms with E-state index in [1.54, 1.807) is 0 Å². The van der Waals surface area contributed by atoms with Crippen LogP contribution in [-0.2, 0) is 4.74 Å². The monoisotopic (exact) mass is 115 g/mol. The van der Waals surface area contributed by atoms with Crippen molar-refractivity contribution in [3.8, 4) is 0 Å². The minimum atomic E-state index is 0.439. The summed E-state index contributed by atoms with van der Waals surface area (Å²) >= 11 is 1.04. The van der Waals surface area contributed by atoms with Crippen molar-refractivity contribution in [3.63, 3.8) is 0 Å². The van der Waals surface area contributed by atoms with E-state index in [0.717, 1.165) is 21.6 Å². The van der Waals surface area contributed by atoms with Gasteiger partial charge in [0.25, 0.3) is 0 Å². The quantitative estimate of drug-likeness (QED) is 0.308. The van der Waals surface area contributed by atoms with E-state index < -0.39 is 0 Å². The second-order valence-corrected chi connectivity index (χ2v) is 1.92. The molecule has 0 amide bonds. The van der Waals surface area contributed by atoms with E-state index in [1.807, 2.05) is 6.92 Å². The predicted octanol–water partition coefficient (Wildman–Crippen LogP) is 0.0516. The molecule has 1 N–H and O–H groups in total. The fourth-order valence-corrected chi connectivity index (χ4v) is 0.480. The fraction of sp³-hybridized carbons (Fsp3) is 0.750. The maximum atomic E-state index is 6.95. The third-order valence-corrected chi connectivity index (χ3v) is 1.28. The van der Waals surface area contributed by atoms with Gasteiger partial charge in [-0.1, -0.05) is 0 Å². The normalized spacial score (nSPS) is 8.14. The lowest BCUT2D eigenvalue weighted by Gasteiger charge is -1.98. The van der Waals surface area contributed by atoms with Gasteiger partial charge >= 0.3 is 0 Å². The zero-order valence-corrected chi connectivity index (χ0v) is 6.82. The first-order chi connectivity index (χ1) is 3.31. The van der Waals surface area contributed by atoms with Crippen molar-refractivity contribution < 1.29 is 4.74 Å². The Bertz CT molecular complexity index is 64.7. The molecule has 0 rings (SSSR count). The molecular weight excluding hydrogens is 105 g/mol. The molecule has 0 unspecified atom stereocenters. The van der Waals surface area contributed by atoms with E-state index in [0.29, 0.717) is 12.5 Å². The molecule has 0 aromatic heterocycles. The van der Waals surface area contributed by atoms with Crippen LogP contribution >= 0.6 is 0 Å². The number of ether oxygens (including phenoxy) is 1. The van der Waals surface area contributed by atoms with Crippen LogP contribution in [0.15, 0.2) is 0 Å². The lowest BCUT2D eigenvalue weighted by Crippen LogP contribution is -2.00. The molecule has 2 nitrogen and oxygen atoms in total. The summed E-state index contributed by atoms with van der Waals surface area (Å²) in [6.45, 7) is 2.53. The van der Waals surface area contributed by atoms with Gasteiger partial charge in [0.15, 0.2) is 5.90 Å². The van der Waals surface area contributed by atoms with Gasteiger partial charge in [-0.3, -0.25) is 5.41 Å². The van der Waals surface area contributed by atoms with Gasteiger partial charge in [0.05, 0.1) is 6.61 Å². The summed E-state index contributed by atoms with van der Waals surface area (Å²) in [5.74, 6) is 0.439. The molecule has 0 aromatic carbocycles. The van der Waals surface area contributed by atoms with Crippen LogP contribution in [0.4, 0.5) is 0 Å². The van der Waals surface area contributed by atoms with Crippen molar-refractivity contribution in [3.05, 3.63) is 0 Å². The van der Waals surface area contributed by atoms with Crippen LogP contribution in [0.2, 0.25) is 5.28 Å². The second kappa shape index (κ2) is 4.17. The Labute approximate surface area is 51.8 Å². The van der Waals surface area contributed by atoms with Gasteiger partial charge in [0, 0.05) is 0 Å². The topological polar surface area (TPSA) is 33.1 Å². The first-order valence-corrected chi connectivity index (χ1v) is 3.92. The first-order valence-electron chi connectivity index (χ1n) is 2.51. The molecule has 0 spiro atoms. The molecule has 0 fully saturated rings. The Morgan fingerprint density at radius 1 is 1.86 bits per heavy atom. The third-order valence-electron chi connectivity index (χ3n) is 0.640. The molecule has 7 heavy (non-hydrogen) atoms. The summed E-state index contributed by atoms with van der Waals surface area (Å²) < 4.78 is 4.81. The molecular formula is C4H10AlNO. The minimum absolute atomic E-state index is 0.439. The molecule has 3 heteroatoms. The SMILES string of the molecule is CCOC(=N)[CH2][AlH2]. The van der Waals surface area contributed by atoms with Crippen molar-refractivity contribution in [2.24, 2.45) is 0 Å². The molecule has 40 valence electrons. The Balaban J connectivity index is 3.00. The van der Waals surface area contributed by atoms with Crippen molar-refractivity contribution >= 4 is 22.2 Å². The fourth-order valence-electron chi connectivity index (χ4n) is 0.276. The smallest absolute Gasteiger partial charge is 0.226 e. The van der Waals surface area contributed by atoms with Gasteiger partial charge in [-0.05, 0) is 12.2 Å². The van der Waals surface area contributed by atoms with E-state index >= 15 is 0 Å². The van der Waals surface area contributed by atoms with Crippen molar-refractivity contribution in [2.75, 3.05) is 6.61 Å². The maximum Gasteiger partial charge on any atom is 0.226 e. The average Bonchev–Trinajstić information content (AvgIpc) is 1.68. The van der Waals surface area contributed by atoms with Crippen molar-refractivity contribution in [1.29, 1.82) is 5.41 Å². The highest BCUT2D eigenvalue weighted by atomic mass is 27.0. The van der Waals surface area contributed by atoms with E-state index in [1.165, 1.54) is 0 Å². The summed E-state index contributed by atoms with van der Waals surface area (Å²) in [7, 11) is 0. The molecule has 0 aliphatic heterocycles. The summed E-state index contributed by atoms with van der Waals surface area (Å²) in [4.78, 5) is 0. The Hall–Kier alpha value is 0.00247. The molecule has 0 saturated heterocycles. The highest BCUT2D eigenvalue weighted by molar-refractivity contribution is 6.19. The molecule has 0 radical (unpaired) electrons. The molecule has 0 heterocycles. The van der Waals surface area contributed by atoms with Crippen LogP contribution in [0.3, 0.4) is 0 Å². The standard InChI is InChI=1S/C4H8NO.Al.2H/c1-3-6-4(2)5;;;/h5H,2-3H2,1H3;;;. The van der Waals surface area contributed by atoms with Crippen molar-refractivity contribution in [1.82, 2.24) is 0 Å². The number of hydrogen-bond donors (Lipinski definition) is 1. The van der Waals surface area contributed by atoms with Crippen LogP contribution in [0, 0.1) is 5.41 Å². The maximum absolute atomic E-state index is 6.95. The summed E-state index contributed by atoms with van der Waals surface area (Å²) in [5, 5.41) is 7.79. The molecule has 0 aromatic rings. The van der Waals surface area contributed by atoms with Gasteiger partial charge in [-0.15, -0.1) is 0 Å². The third kappa shape index (κ3) is 3.84. The highest BCUT2D eigenvalue weighted by Crippen LogP contribution is 1.79. The van der Waals surface area contributed by atoms with Crippen LogP contribution in [-0.4, -0.2) is 28.8 Å². The zero-order valence-electron chi connectivity index (χ0n) is 4.82. The average molecular weight is 115 g/mol. The number of hydrogen-bond acceptors (Lipinski definition) is 2. The van der Waals surface area contributed by atoms with Gasteiger partial charge in [-0.2, -0.15) is 0 Å². The highest BCUT2D eigenvalue weighted by Gasteiger charge is 1.85. The second-order valence-electron chi connectivity index (χ2n) is 1.21. The summed E-state index contributed by atoms with van der Waals surface area (Å²) in [6.07, 6.45) is 0. The van der Waals surface area contributed by atoms with Crippen molar-refractivity contribution in [2.45, 2.75) is 12.2 Å². The van der Waals surface area contributed by atoms with Crippen LogP contribution in [0.25, 0.3) is 0 Å². The summed E-state index contributed by atoms with van der Waals surface area (Å²) in [6, 6.07) is 0. The van der Waals surface area contributed by atoms with Gasteiger partial charge in [0.1, 0.15) is 0 Å². The molecule has 0 bridgehead atoms. The number of nitrogens with one attached hydrogen (secondary N) is 1. The molecule has 0 aliphatic rings. The lowest BCUT2D eigenvalue weighted by molar-refractivity contribution is 0.321. The van der Waals surface area contributed by atoms with E-state index in [4.69, 9.17) is 10.1 Å². The molecule has 0 saturated carbocycles. The Morgan fingerprint density at radius 3 is 2.57 bits per heavy atom. The molecule has 0 atom stereocenters. The number of rotatable bonds is 2. The van der Waals surface area contributed by atoms with Crippen LogP contribution in [0.1, 0.15) is 6.92 Å². The van der Waals surface area contributed by atoms with E-state index in [9.17, 15) is 0 Å². The van der Waals surface area contributed by atoms with Gasteiger partial charge in [-0.25, -0.2) is 0 Å². The van der Waals surface area contributed by atoms with E-state index in [-0.39, 0.29) is 0 Å². The minimum Gasteiger partial charge on any atom is -0.483 e. The zero-order chi connectivity index (χ0) is 5.70. The van der Waals surface area contributed by atoms with Gasteiger partial charge in [0.2, 0.25) is 16.3 Å². The predicted molar refractivity (Wildman–Crippen MR) is 32.7 cm³/mol. The summed E-state index contributed by atoms with van der Waals surface area (Å²) in [5.41, 5.74) is 0. The molecule has 0 aliphatic carbocycles. The Kier molecular flexibility index (Phi) is 4.17. The van der Waals surface area contributed by atoms with E-state index in [2.05, 4.69) is 0 Å². The van der Waals surface area contributed by atoms with Gasteiger partial charge < -0.3 is 4.74 Å². The van der Waals surface area contributed by atoms with Crippen LogP contribution in [0.5, 0.6) is 0 Å².